The third kappa shape index (κ3) is 4.71. The topological polar surface area (TPSA) is 8.88 Å². The zero-order valence-electron chi connectivity index (χ0n) is 10.1. The SMILES string of the molecule is C[NH+](C)CC[NH+](C)Cc1ccc(Cl)c(Cl)c1. The molecule has 2 nitrogen and oxygen atoms in total. The van der Waals surface area contributed by atoms with Crippen LogP contribution in [0.2, 0.25) is 10.0 Å². The molecule has 0 heterocycles. The van der Waals surface area contributed by atoms with Crippen molar-refractivity contribution in [3.63, 3.8) is 0 Å². The minimum absolute atomic E-state index is 0.626. The molecule has 0 amide bonds. The number of halogens is 2. The van der Waals surface area contributed by atoms with Gasteiger partial charge < -0.3 is 9.80 Å². The third-order valence-corrected chi connectivity index (χ3v) is 3.28. The lowest BCUT2D eigenvalue weighted by atomic mass is 10.2. The predicted octanol–water partition coefficient (Wildman–Crippen LogP) is 0.153. The van der Waals surface area contributed by atoms with Crippen molar-refractivity contribution in [2.24, 2.45) is 0 Å². The van der Waals surface area contributed by atoms with Crippen LogP contribution in [0.4, 0.5) is 0 Å². The molecule has 0 saturated heterocycles. The summed E-state index contributed by atoms with van der Waals surface area (Å²) in [7, 11) is 6.55. The van der Waals surface area contributed by atoms with Crippen molar-refractivity contribution >= 4 is 23.2 Å². The first kappa shape index (κ1) is 13.8. The highest BCUT2D eigenvalue weighted by Crippen LogP contribution is 2.22. The van der Waals surface area contributed by atoms with Crippen LogP contribution in [0, 0.1) is 0 Å². The molecule has 2 N–H and O–H groups in total. The van der Waals surface area contributed by atoms with Crippen molar-refractivity contribution in [3.05, 3.63) is 33.8 Å². The number of benzene rings is 1. The van der Waals surface area contributed by atoms with E-state index in [9.17, 15) is 0 Å². The monoisotopic (exact) mass is 262 g/mol. The van der Waals surface area contributed by atoms with E-state index in [0.29, 0.717) is 10.0 Å². The molecular formula is C12H20Cl2N2+2. The van der Waals surface area contributed by atoms with E-state index in [-0.39, 0.29) is 0 Å². The quantitative estimate of drug-likeness (QED) is 0.748. The van der Waals surface area contributed by atoms with Crippen molar-refractivity contribution in [2.75, 3.05) is 34.2 Å². The molecule has 0 aliphatic rings. The summed E-state index contributed by atoms with van der Waals surface area (Å²) in [5.74, 6) is 0. The van der Waals surface area contributed by atoms with E-state index in [2.05, 4.69) is 21.1 Å². The van der Waals surface area contributed by atoms with Gasteiger partial charge in [-0.25, -0.2) is 0 Å². The maximum absolute atomic E-state index is 5.98. The molecule has 16 heavy (non-hydrogen) atoms. The Labute approximate surface area is 108 Å². The lowest BCUT2D eigenvalue weighted by Crippen LogP contribution is -3.15. The summed E-state index contributed by atoms with van der Waals surface area (Å²) in [6.45, 7) is 3.32. The first-order valence-electron chi connectivity index (χ1n) is 5.53. The largest absolute Gasteiger partial charge is 0.335 e. The summed E-state index contributed by atoms with van der Waals surface area (Å²) < 4.78 is 0. The molecule has 1 aromatic rings. The average Bonchev–Trinajstić information content (AvgIpc) is 2.21. The molecule has 0 bridgehead atoms. The van der Waals surface area contributed by atoms with Gasteiger partial charge in [-0.1, -0.05) is 29.3 Å². The van der Waals surface area contributed by atoms with Crippen LogP contribution in [-0.2, 0) is 6.54 Å². The maximum atomic E-state index is 5.98. The van der Waals surface area contributed by atoms with Crippen LogP contribution in [0.5, 0.6) is 0 Å². The molecule has 1 atom stereocenters. The normalized spacial score (nSPS) is 13.1. The third-order valence-electron chi connectivity index (χ3n) is 2.54. The van der Waals surface area contributed by atoms with Crippen LogP contribution in [0.3, 0.4) is 0 Å². The van der Waals surface area contributed by atoms with Gasteiger partial charge in [-0.3, -0.25) is 0 Å². The van der Waals surface area contributed by atoms with Gasteiger partial charge in [0.05, 0.1) is 31.2 Å². The van der Waals surface area contributed by atoms with Crippen molar-refractivity contribution in [3.8, 4) is 0 Å². The second-order valence-corrected chi connectivity index (χ2v) is 5.40. The van der Waals surface area contributed by atoms with Gasteiger partial charge in [-0.05, 0) is 12.1 Å². The molecule has 1 rings (SSSR count). The minimum Gasteiger partial charge on any atom is -0.335 e. The van der Waals surface area contributed by atoms with Crippen molar-refractivity contribution in [2.45, 2.75) is 6.54 Å². The predicted molar refractivity (Wildman–Crippen MR) is 69.6 cm³/mol. The fourth-order valence-corrected chi connectivity index (χ4v) is 1.87. The van der Waals surface area contributed by atoms with Crippen LogP contribution in [0.15, 0.2) is 18.2 Å². The number of quaternary nitrogens is 2. The molecule has 0 aromatic heterocycles. The summed E-state index contributed by atoms with van der Waals surface area (Å²) >= 11 is 11.9. The number of hydrogen-bond acceptors (Lipinski definition) is 0. The van der Waals surface area contributed by atoms with Gasteiger partial charge in [0.2, 0.25) is 0 Å². The van der Waals surface area contributed by atoms with Crippen LogP contribution in [0.25, 0.3) is 0 Å². The summed E-state index contributed by atoms with van der Waals surface area (Å²) in [4.78, 5) is 2.97. The molecule has 90 valence electrons. The number of likely N-dealkylation sites (N-methyl/N-ethyl adjacent to an activating group) is 2. The van der Waals surface area contributed by atoms with Gasteiger partial charge in [0, 0.05) is 5.56 Å². The zero-order chi connectivity index (χ0) is 12.1. The average molecular weight is 263 g/mol. The highest BCUT2D eigenvalue weighted by molar-refractivity contribution is 6.41. The molecular weight excluding hydrogens is 243 g/mol. The number of nitrogens with one attached hydrogen (secondary N) is 2. The Morgan fingerprint density at radius 2 is 1.69 bits per heavy atom. The van der Waals surface area contributed by atoms with E-state index in [0.717, 1.165) is 13.1 Å². The fourth-order valence-electron chi connectivity index (χ4n) is 1.55. The highest BCUT2D eigenvalue weighted by atomic mass is 35.5. The van der Waals surface area contributed by atoms with E-state index in [1.54, 1.807) is 0 Å². The zero-order valence-corrected chi connectivity index (χ0v) is 11.6. The first-order chi connectivity index (χ1) is 7.49. The van der Waals surface area contributed by atoms with Gasteiger partial charge in [-0.2, -0.15) is 0 Å². The van der Waals surface area contributed by atoms with E-state index in [1.807, 2.05) is 18.2 Å². The van der Waals surface area contributed by atoms with Crippen molar-refractivity contribution in [1.82, 2.24) is 0 Å². The Balaban J connectivity index is 2.49. The summed E-state index contributed by atoms with van der Waals surface area (Å²) in [5.41, 5.74) is 1.24. The van der Waals surface area contributed by atoms with Gasteiger partial charge in [0.25, 0.3) is 0 Å². The summed E-state index contributed by atoms with van der Waals surface area (Å²) in [6, 6.07) is 5.86. The molecule has 0 fully saturated rings. The minimum atomic E-state index is 0.626. The van der Waals surface area contributed by atoms with E-state index in [4.69, 9.17) is 23.2 Å². The number of rotatable bonds is 5. The molecule has 0 aliphatic heterocycles. The van der Waals surface area contributed by atoms with Crippen LogP contribution >= 0.6 is 23.2 Å². The summed E-state index contributed by atoms with van der Waals surface area (Å²) in [5, 5.41) is 1.27. The smallest absolute Gasteiger partial charge is 0.127 e. The Hall–Kier alpha value is -0.280. The highest BCUT2D eigenvalue weighted by Gasteiger charge is 2.07. The van der Waals surface area contributed by atoms with E-state index in [1.165, 1.54) is 21.9 Å². The van der Waals surface area contributed by atoms with Crippen LogP contribution < -0.4 is 9.80 Å². The lowest BCUT2D eigenvalue weighted by molar-refractivity contribution is -0.937. The Bertz CT molecular complexity index is 340. The molecule has 0 aliphatic carbocycles. The second kappa shape index (κ2) is 6.45. The van der Waals surface area contributed by atoms with Crippen molar-refractivity contribution in [1.29, 1.82) is 0 Å². The van der Waals surface area contributed by atoms with Crippen molar-refractivity contribution < 1.29 is 9.80 Å². The Morgan fingerprint density at radius 3 is 2.25 bits per heavy atom. The van der Waals surface area contributed by atoms with Gasteiger partial charge in [-0.15, -0.1) is 0 Å². The molecule has 4 heteroatoms. The Morgan fingerprint density at radius 1 is 1.00 bits per heavy atom. The lowest BCUT2D eigenvalue weighted by Gasteiger charge is -2.15. The fraction of sp³-hybridized carbons (Fsp3) is 0.500. The van der Waals surface area contributed by atoms with E-state index < -0.39 is 0 Å². The summed E-state index contributed by atoms with van der Waals surface area (Å²) in [6.07, 6.45) is 0. The Kier molecular flexibility index (Phi) is 5.56. The first-order valence-corrected chi connectivity index (χ1v) is 6.29. The molecule has 1 unspecified atom stereocenters. The van der Waals surface area contributed by atoms with Gasteiger partial charge >= 0.3 is 0 Å². The van der Waals surface area contributed by atoms with Gasteiger partial charge in [0.15, 0.2) is 0 Å². The van der Waals surface area contributed by atoms with Crippen LogP contribution in [-0.4, -0.2) is 34.2 Å². The van der Waals surface area contributed by atoms with Crippen LogP contribution in [0.1, 0.15) is 5.56 Å². The molecule has 0 radical (unpaired) electrons. The molecule has 0 saturated carbocycles. The molecule has 1 aromatic carbocycles. The molecule has 0 spiro atoms. The second-order valence-electron chi connectivity index (χ2n) is 4.59. The standard InChI is InChI=1S/C12H18Cl2N2/c1-15(2)6-7-16(3)9-10-4-5-11(13)12(14)8-10/h4-5,8H,6-7,9H2,1-3H3/p+2. The van der Waals surface area contributed by atoms with E-state index >= 15 is 0 Å². The number of hydrogen-bond donors (Lipinski definition) is 2. The maximum Gasteiger partial charge on any atom is 0.127 e. The van der Waals surface area contributed by atoms with Gasteiger partial charge in [0.1, 0.15) is 19.6 Å².